The Morgan fingerprint density at radius 1 is 1.33 bits per heavy atom. The topological polar surface area (TPSA) is 75.4 Å². The van der Waals surface area contributed by atoms with Gasteiger partial charge in [-0.3, -0.25) is 4.79 Å². The lowest BCUT2D eigenvalue weighted by molar-refractivity contribution is -0.117. The molecule has 0 saturated heterocycles. The van der Waals surface area contributed by atoms with E-state index in [-0.39, 0.29) is 11.7 Å². The van der Waals surface area contributed by atoms with Crippen LogP contribution in [-0.4, -0.2) is 17.1 Å². The minimum absolute atomic E-state index is 0.183. The average molecular weight is 250 g/mol. The molecule has 18 heavy (non-hydrogen) atoms. The molecule has 0 heterocycles. The summed E-state index contributed by atoms with van der Waals surface area (Å²) in [5.41, 5.74) is 8.08. The second-order valence-electron chi connectivity index (χ2n) is 5.18. The lowest BCUT2D eigenvalue weighted by Gasteiger charge is -2.16. The number of benzene rings is 1. The lowest BCUT2D eigenvalue weighted by atomic mass is 10.0. The highest BCUT2D eigenvalue weighted by Gasteiger charge is 2.16. The molecule has 1 aromatic rings. The van der Waals surface area contributed by atoms with E-state index < -0.39 is 6.04 Å². The van der Waals surface area contributed by atoms with Gasteiger partial charge in [0.2, 0.25) is 5.91 Å². The van der Waals surface area contributed by atoms with Crippen LogP contribution in [0.4, 0.5) is 5.69 Å². The van der Waals surface area contributed by atoms with Crippen LogP contribution in [0.3, 0.4) is 0 Å². The molecule has 1 amide bonds. The van der Waals surface area contributed by atoms with Gasteiger partial charge >= 0.3 is 0 Å². The van der Waals surface area contributed by atoms with E-state index >= 15 is 0 Å². The molecule has 4 N–H and O–H groups in total. The van der Waals surface area contributed by atoms with E-state index in [0.717, 1.165) is 11.1 Å². The van der Waals surface area contributed by atoms with Crippen molar-refractivity contribution in [2.75, 3.05) is 5.32 Å². The van der Waals surface area contributed by atoms with Crippen molar-refractivity contribution in [1.82, 2.24) is 0 Å². The number of hydrogen-bond donors (Lipinski definition) is 3. The fourth-order valence-corrected chi connectivity index (χ4v) is 1.78. The molecule has 0 bridgehead atoms. The molecule has 0 aliphatic rings. The summed E-state index contributed by atoms with van der Waals surface area (Å²) >= 11 is 0. The quantitative estimate of drug-likeness (QED) is 0.718. The van der Waals surface area contributed by atoms with Crippen LogP contribution >= 0.6 is 0 Å². The molecule has 1 atom stereocenters. The van der Waals surface area contributed by atoms with Crippen LogP contribution in [0.5, 0.6) is 5.75 Å². The molecule has 4 nitrogen and oxygen atoms in total. The summed E-state index contributed by atoms with van der Waals surface area (Å²) in [5.74, 6) is 0.433. The zero-order chi connectivity index (χ0) is 13.9. The number of amides is 1. The van der Waals surface area contributed by atoms with E-state index in [1.54, 1.807) is 19.1 Å². The minimum Gasteiger partial charge on any atom is -0.508 e. The number of aromatic hydroxyl groups is 1. The fraction of sp³-hybridized carbons (Fsp3) is 0.500. The third-order valence-corrected chi connectivity index (χ3v) is 2.86. The summed E-state index contributed by atoms with van der Waals surface area (Å²) < 4.78 is 0. The molecule has 0 saturated carbocycles. The van der Waals surface area contributed by atoms with Gasteiger partial charge in [0, 0.05) is 5.69 Å². The van der Waals surface area contributed by atoms with Crippen LogP contribution < -0.4 is 11.1 Å². The van der Waals surface area contributed by atoms with Crippen molar-refractivity contribution in [3.8, 4) is 5.75 Å². The van der Waals surface area contributed by atoms with E-state index in [4.69, 9.17) is 5.73 Å². The summed E-state index contributed by atoms with van der Waals surface area (Å²) in [6, 6.07) is 2.89. The average Bonchev–Trinajstić information content (AvgIpc) is 2.24. The maximum atomic E-state index is 11.9. The smallest absolute Gasteiger partial charge is 0.241 e. The highest BCUT2D eigenvalue weighted by molar-refractivity contribution is 5.95. The van der Waals surface area contributed by atoms with E-state index in [0.29, 0.717) is 18.0 Å². The Balaban J connectivity index is 2.79. The number of carbonyl (C=O) groups excluding carboxylic acids is 1. The van der Waals surface area contributed by atoms with Crippen LogP contribution in [-0.2, 0) is 4.79 Å². The van der Waals surface area contributed by atoms with Crippen LogP contribution in [0.25, 0.3) is 0 Å². The summed E-state index contributed by atoms with van der Waals surface area (Å²) in [6.45, 7) is 7.69. The second kappa shape index (κ2) is 5.87. The largest absolute Gasteiger partial charge is 0.508 e. The van der Waals surface area contributed by atoms with Crippen molar-refractivity contribution < 1.29 is 9.90 Å². The van der Waals surface area contributed by atoms with Crippen LogP contribution in [0.1, 0.15) is 31.4 Å². The van der Waals surface area contributed by atoms with Gasteiger partial charge in [-0.25, -0.2) is 0 Å². The second-order valence-corrected chi connectivity index (χ2v) is 5.18. The number of hydrogen-bond acceptors (Lipinski definition) is 3. The van der Waals surface area contributed by atoms with Gasteiger partial charge in [0.05, 0.1) is 6.04 Å². The van der Waals surface area contributed by atoms with Crippen molar-refractivity contribution in [3.63, 3.8) is 0 Å². The van der Waals surface area contributed by atoms with Gasteiger partial charge in [0.25, 0.3) is 0 Å². The summed E-state index contributed by atoms with van der Waals surface area (Å²) in [6.07, 6.45) is 0.655. The number of rotatable bonds is 4. The monoisotopic (exact) mass is 250 g/mol. The van der Waals surface area contributed by atoms with E-state index in [2.05, 4.69) is 5.32 Å². The van der Waals surface area contributed by atoms with Gasteiger partial charge < -0.3 is 16.2 Å². The van der Waals surface area contributed by atoms with E-state index in [1.165, 1.54) is 0 Å². The van der Waals surface area contributed by atoms with Gasteiger partial charge in [-0.15, -0.1) is 0 Å². The van der Waals surface area contributed by atoms with Crippen molar-refractivity contribution in [2.24, 2.45) is 11.7 Å². The maximum absolute atomic E-state index is 11.9. The predicted molar refractivity (Wildman–Crippen MR) is 73.6 cm³/mol. The van der Waals surface area contributed by atoms with Gasteiger partial charge in [-0.05, 0) is 49.4 Å². The van der Waals surface area contributed by atoms with E-state index in [9.17, 15) is 9.90 Å². The van der Waals surface area contributed by atoms with Crippen LogP contribution in [0, 0.1) is 19.8 Å². The molecule has 0 aliphatic carbocycles. The Morgan fingerprint density at radius 3 is 2.50 bits per heavy atom. The Kier molecular flexibility index (Phi) is 4.73. The number of nitrogens with two attached hydrogens (primary N) is 1. The number of nitrogens with one attached hydrogen (secondary N) is 1. The number of anilines is 1. The first-order valence-electron chi connectivity index (χ1n) is 6.18. The molecule has 0 aliphatic heterocycles. The van der Waals surface area contributed by atoms with Crippen LogP contribution in [0.2, 0.25) is 0 Å². The van der Waals surface area contributed by atoms with Crippen molar-refractivity contribution in [1.29, 1.82) is 0 Å². The van der Waals surface area contributed by atoms with Gasteiger partial charge in [-0.2, -0.15) is 0 Å². The number of phenols is 1. The number of phenolic OH excluding ortho intramolecular Hbond substituents is 1. The highest BCUT2D eigenvalue weighted by Crippen LogP contribution is 2.25. The zero-order valence-electron chi connectivity index (χ0n) is 11.4. The minimum atomic E-state index is -0.501. The molecule has 1 aromatic carbocycles. The molecule has 0 radical (unpaired) electrons. The molecule has 4 heteroatoms. The maximum Gasteiger partial charge on any atom is 0.241 e. The normalized spacial score (nSPS) is 12.6. The van der Waals surface area contributed by atoms with Gasteiger partial charge in [-0.1, -0.05) is 13.8 Å². The number of carbonyl (C=O) groups is 1. The first-order valence-corrected chi connectivity index (χ1v) is 6.18. The fourth-order valence-electron chi connectivity index (χ4n) is 1.78. The number of aryl methyl sites for hydroxylation is 2. The zero-order valence-corrected chi connectivity index (χ0v) is 11.4. The Hall–Kier alpha value is -1.55. The van der Waals surface area contributed by atoms with Gasteiger partial charge in [0.1, 0.15) is 5.75 Å². The SMILES string of the molecule is Cc1cc(NC(=O)C(N)CC(C)C)c(C)cc1O. The summed E-state index contributed by atoms with van der Waals surface area (Å²) in [4.78, 5) is 11.9. The van der Waals surface area contributed by atoms with Crippen molar-refractivity contribution in [2.45, 2.75) is 40.2 Å². The molecule has 1 unspecified atom stereocenters. The first-order chi connectivity index (χ1) is 8.31. The molecule has 0 spiro atoms. The van der Waals surface area contributed by atoms with Crippen molar-refractivity contribution in [3.05, 3.63) is 23.3 Å². The highest BCUT2D eigenvalue weighted by atomic mass is 16.3. The first kappa shape index (κ1) is 14.5. The summed E-state index contributed by atoms with van der Waals surface area (Å²) in [5, 5.41) is 12.4. The molecule has 1 rings (SSSR count). The molecule has 0 fully saturated rings. The third-order valence-electron chi connectivity index (χ3n) is 2.86. The summed E-state index contributed by atoms with van der Waals surface area (Å²) in [7, 11) is 0. The van der Waals surface area contributed by atoms with Gasteiger partial charge in [0.15, 0.2) is 0 Å². The Bertz CT molecular complexity index is 442. The lowest BCUT2D eigenvalue weighted by Crippen LogP contribution is -2.36. The molecular weight excluding hydrogens is 228 g/mol. The predicted octanol–water partition coefficient (Wildman–Crippen LogP) is 2.32. The third kappa shape index (κ3) is 3.74. The molecule has 0 aromatic heterocycles. The van der Waals surface area contributed by atoms with Crippen LogP contribution in [0.15, 0.2) is 12.1 Å². The Labute approximate surface area is 108 Å². The standard InChI is InChI=1S/C14H22N2O2/c1-8(2)5-11(15)14(18)16-12-6-10(4)13(17)7-9(12)3/h6-8,11,17H,5,15H2,1-4H3,(H,16,18). The Morgan fingerprint density at radius 2 is 1.94 bits per heavy atom. The van der Waals surface area contributed by atoms with E-state index in [1.807, 2.05) is 20.8 Å². The molecular formula is C14H22N2O2. The molecule has 100 valence electrons. The van der Waals surface area contributed by atoms with Crippen molar-refractivity contribution >= 4 is 11.6 Å².